The molecule has 0 radical (unpaired) electrons. The molecule has 0 fully saturated rings. The number of benzene rings is 2. The van der Waals surface area contributed by atoms with E-state index < -0.39 is 16.7 Å². The van der Waals surface area contributed by atoms with Crippen molar-refractivity contribution in [3.63, 3.8) is 0 Å². The molecule has 144 valence electrons. The fourth-order valence-corrected chi connectivity index (χ4v) is 2.18. The van der Waals surface area contributed by atoms with Gasteiger partial charge in [0.2, 0.25) is 0 Å². The van der Waals surface area contributed by atoms with Crippen molar-refractivity contribution in [1.29, 1.82) is 0 Å². The number of rotatable bonds is 10. The molecule has 0 heterocycles. The summed E-state index contributed by atoms with van der Waals surface area (Å²) in [7, 11) is 1.52. The molecular weight excluding hydrogens is 359 g/mol. The fraction of sp³-hybridized carbons (Fsp3) is 0.278. The van der Waals surface area contributed by atoms with E-state index in [1.165, 1.54) is 37.4 Å². The number of hydrogen-bond acceptors (Lipinski definition) is 7. The van der Waals surface area contributed by atoms with Crippen molar-refractivity contribution in [3.8, 4) is 5.75 Å². The van der Waals surface area contributed by atoms with Crippen LogP contribution in [-0.4, -0.2) is 44.4 Å². The summed E-state index contributed by atoms with van der Waals surface area (Å²) in [5, 5.41) is 14.1. The Morgan fingerprint density at radius 3 is 2.67 bits per heavy atom. The SMILES string of the molecule is COCCNc1ccc(C(=O)OCCOc2ccccc2F)cc1[N+](=O)[O-]. The molecule has 0 spiro atoms. The minimum absolute atomic E-state index is 0.0323. The Kier molecular flexibility index (Phi) is 7.50. The van der Waals surface area contributed by atoms with Gasteiger partial charge in [-0.15, -0.1) is 0 Å². The first kappa shape index (κ1) is 20.1. The zero-order valence-corrected chi connectivity index (χ0v) is 14.6. The molecule has 8 nitrogen and oxygen atoms in total. The van der Waals surface area contributed by atoms with Gasteiger partial charge in [-0.05, 0) is 24.3 Å². The van der Waals surface area contributed by atoms with E-state index in [9.17, 15) is 19.3 Å². The van der Waals surface area contributed by atoms with Gasteiger partial charge in [-0.2, -0.15) is 0 Å². The molecule has 2 aromatic carbocycles. The maximum absolute atomic E-state index is 13.4. The Morgan fingerprint density at radius 2 is 1.96 bits per heavy atom. The molecule has 0 atom stereocenters. The van der Waals surface area contributed by atoms with Gasteiger partial charge in [0.25, 0.3) is 5.69 Å². The first-order valence-corrected chi connectivity index (χ1v) is 8.08. The van der Waals surface area contributed by atoms with E-state index >= 15 is 0 Å². The zero-order valence-electron chi connectivity index (χ0n) is 14.6. The number of esters is 1. The monoisotopic (exact) mass is 378 g/mol. The molecule has 1 N–H and O–H groups in total. The predicted molar refractivity (Wildman–Crippen MR) is 95.6 cm³/mol. The third-order valence-corrected chi connectivity index (χ3v) is 3.46. The molecule has 0 aromatic heterocycles. The Balaban J connectivity index is 1.92. The van der Waals surface area contributed by atoms with Gasteiger partial charge < -0.3 is 19.5 Å². The summed E-state index contributed by atoms with van der Waals surface area (Å²) in [5.74, 6) is -1.20. The fourth-order valence-electron chi connectivity index (χ4n) is 2.18. The molecule has 0 unspecified atom stereocenters. The van der Waals surface area contributed by atoms with Crippen LogP contribution in [0.1, 0.15) is 10.4 Å². The molecule has 0 amide bonds. The van der Waals surface area contributed by atoms with Crippen molar-refractivity contribution in [2.45, 2.75) is 0 Å². The quantitative estimate of drug-likeness (QED) is 0.293. The second-order valence-electron chi connectivity index (χ2n) is 5.32. The summed E-state index contributed by atoms with van der Waals surface area (Å²) in [6.45, 7) is 0.581. The Morgan fingerprint density at radius 1 is 1.19 bits per heavy atom. The molecule has 2 rings (SSSR count). The topological polar surface area (TPSA) is 99.9 Å². The van der Waals surface area contributed by atoms with Crippen LogP contribution in [0.5, 0.6) is 5.75 Å². The second kappa shape index (κ2) is 10.1. The standard InChI is InChI=1S/C18H19FN2O6/c1-25-9-8-20-15-7-6-13(12-16(15)21(23)24)18(22)27-11-10-26-17-5-3-2-4-14(17)19/h2-7,12,20H,8-11H2,1H3. The van der Waals surface area contributed by atoms with Gasteiger partial charge >= 0.3 is 5.97 Å². The molecular formula is C18H19FN2O6. The Labute approximate surface area is 155 Å². The number of nitrogens with one attached hydrogen (secondary N) is 1. The van der Waals surface area contributed by atoms with Crippen LogP contribution in [0.25, 0.3) is 0 Å². The van der Waals surface area contributed by atoms with Crippen LogP contribution in [0.4, 0.5) is 15.8 Å². The number of ether oxygens (including phenoxy) is 3. The highest BCUT2D eigenvalue weighted by Gasteiger charge is 2.18. The lowest BCUT2D eigenvalue weighted by molar-refractivity contribution is -0.384. The van der Waals surface area contributed by atoms with Crippen LogP contribution in [0.15, 0.2) is 42.5 Å². The smallest absolute Gasteiger partial charge is 0.338 e. The largest absolute Gasteiger partial charge is 0.487 e. The first-order valence-electron chi connectivity index (χ1n) is 8.08. The van der Waals surface area contributed by atoms with Crippen LogP contribution >= 0.6 is 0 Å². The summed E-state index contributed by atoms with van der Waals surface area (Å²) < 4.78 is 28.5. The van der Waals surface area contributed by atoms with Gasteiger partial charge in [-0.25, -0.2) is 9.18 Å². The number of anilines is 1. The van der Waals surface area contributed by atoms with E-state index in [0.717, 1.165) is 6.07 Å². The number of hydrogen-bond donors (Lipinski definition) is 1. The van der Waals surface area contributed by atoms with E-state index in [-0.39, 0.29) is 35.9 Å². The molecule has 0 bridgehead atoms. The van der Waals surface area contributed by atoms with Crippen molar-refractivity contribution in [1.82, 2.24) is 0 Å². The Bertz CT molecular complexity index is 799. The van der Waals surface area contributed by atoms with Gasteiger partial charge in [-0.3, -0.25) is 10.1 Å². The maximum atomic E-state index is 13.4. The van der Waals surface area contributed by atoms with Gasteiger partial charge in [0.1, 0.15) is 18.9 Å². The van der Waals surface area contributed by atoms with Crippen molar-refractivity contribution < 1.29 is 28.3 Å². The third kappa shape index (κ3) is 5.93. The highest BCUT2D eigenvalue weighted by molar-refractivity contribution is 5.91. The minimum atomic E-state index is -0.737. The van der Waals surface area contributed by atoms with Gasteiger partial charge in [0.15, 0.2) is 11.6 Å². The van der Waals surface area contributed by atoms with Crippen LogP contribution in [0.3, 0.4) is 0 Å². The lowest BCUT2D eigenvalue weighted by atomic mass is 10.1. The highest BCUT2D eigenvalue weighted by Crippen LogP contribution is 2.25. The van der Waals surface area contributed by atoms with E-state index in [2.05, 4.69) is 5.32 Å². The van der Waals surface area contributed by atoms with Gasteiger partial charge in [0, 0.05) is 19.7 Å². The molecule has 2 aromatic rings. The van der Waals surface area contributed by atoms with E-state index in [1.54, 1.807) is 6.07 Å². The summed E-state index contributed by atoms with van der Waals surface area (Å²) in [6.07, 6.45) is 0. The summed E-state index contributed by atoms with van der Waals surface area (Å²) in [5.41, 5.74) is 0.0597. The minimum Gasteiger partial charge on any atom is -0.487 e. The number of methoxy groups -OCH3 is 1. The normalized spacial score (nSPS) is 10.3. The summed E-state index contributed by atoms with van der Waals surface area (Å²) >= 11 is 0. The molecule has 0 saturated heterocycles. The number of carbonyl (C=O) groups excluding carboxylic acids is 1. The highest BCUT2D eigenvalue weighted by atomic mass is 19.1. The van der Waals surface area contributed by atoms with Crippen LogP contribution in [-0.2, 0) is 9.47 Å². The average molecular weight is 378 g/mol. The lowest BCUT2D eigenvalue weighted by Gasteiger charge is -2.09. The van der Waals surface area contributed by atoms with Crippen molar-refractivity contribution in [2.75, 3.05) is 38.8 Å². The second-order valence-corrected chi connectivity index (χ2v) is 5.32. The maximum Gasteiger partial charge on any atom is 0.338 e. The van der Waals surface area contributed by atoms with E-state index in [0.29, 0.717) is 13.2 Å². The number of nitro benzene ring substituents is 1. The van der Waals surface area contributed by atoms with Crippen LogP contribution < -0.4 is 10.1 Å². The third-order valence-electron chi connectivity index (χ3n) is 3.46. The number of halogens is 1. The van der Waals surface area contributed by atoms with Gasteiger partial charge in [0.05, 0.1) is 17.1 Å². The molecule has 0 saturated carbocycles. The molecule has 0 aliphatic heterocycles. The molecule has 0 aliphatic carbocycles. The van der Waals surface area contributed by atoms with Crippen molar-refractivity contribution in [3.05, 3.63) is 64.0 Å². The van der Waals surface area contributed by atoms with Crippen molar-refractivity contribution in [2.24, 2.45) is 0 Å². The first-order chi connectivity index (χ1) is 13.0. The number of nitro groups is 1. The van der Waals surface area contributed by atoms with E-state index in [1.807, 2.05) is 0 Å². The van der Waals surface area contributed by atoms with E-state index in [4.69, 9.17) is 14.2 Å². The lowest BCUT2D eigenvalue weighted by Crippen LogP contribution is -2.14. The Hall–Kier alpha value is -3.20. The predicted octanol–water partition coefficient (Wildman–Crippen LogP) is 3.03. The number of carbonyl (C=O) groups is 1. The average Bonchev–Trinajstić information content (AvgIpc) is 2.66. The summed E-state index contributed by atoms with van der Waals surface area (Å²) in [6, 6.07) is 9.84. The van der Waals surface area contributed by atoms with Crippen molar-refractivity contribution >= 4 is 17.3 Å². The zero-order chi connectivity index (χ0) is 19.6. The van der Waals surface area contributed by atoms with Gasteiger partial charge in [-0.1, -0.05) is 12.1 Å². The number of nitrogens with zero attached hydrogens (tertiary/aromatic N) is 1. The number of para-hydroxylation sites is 1. The molecule has 0 aliphatic rings. The van der Waals surface area contributed by atoms with Crippen LogP contribution in [0.2, 0.25) is 0 Å². The van der Waals surface area contributed by atoms with Crippen LogP contribution in [0, 0.1) is 15.9 Å². The molecule has 9 heteroatoms. The molecule has 27 heavy (non-hydrogen) atoms. The summed E-state index contributed by atoms with van der Waals surface area (Å²) in [4.78, 5) is 22.7.